The van der Waals surface area contributed by atoms with Crippen molar-refractivity contribution >= 4 is 28.2 Å². The van der Waals surface area contributed by atoms with Gasteiger partial charge in [-0.25, -0.2) is 0 Å². The van der Waals surface area contributed by atoms with E-state index in [1.165, 1.54) is 42.0 Å². The predicted octanol–water partition coefficient (Wildman–Crippen LogP) is 4.23. The molecule has 0 radical (unpaired) electrons. The molecule has 0 amide bonds. The molecule has 1 heterocycles. The minimum Gasteiger partial charge on any atom is -1.00 e. The van der Waals surface area contributed by atoms with E-state index in [0.717, 1.165) is 0 Å². The number of rotatable bonds is 6. The van der Waals surface area contributed by atoms with Crippen molar-refractivity contribution in [3.63, 3.8) is 0 Å². The summed E-state index contributed by atoms with van der Waals surface area (Å²) < 4.78 is 18.0. The molecule has 3 aliphatic rings. The normalized spacial score (nSPS) is 20.7. The van der Waals surface area contributed by atoms with Gasteiger partial charge in [-0.15, -0.1) is 0 Å². The Bertz CT molecular complexity index is 1190. The second-order valence-corrected chi connectivity index (χ2v) is 35.7. The maximum Gasteiger partial charge on any atom is -1.00 e. The Morgan fingerprint density at radius 3 is 1.26 bits per heavy atom. The van der Waals surface area contributed by atoms with E-state index >= 15 is 0 Å². The molecule has 1 saturated heterocycles. The van der Waals surface area contributed by atoms with E-state index in [1.807, 2.05) is 0 Å². The van der Waals surface area contributed by atoms with Crippen molar-refractivity contribution in [3.05, 3.63) is 82.9 Å². The Morgan fingerprint density at radius 1 is 0.615 bits per heavy atom. The van der Waals surface area contributed by atoms with Crippen molar-refractivity contribution in [2.24, 2.45) is 0 Å². The van der Waals surface area contributed by atoms with Crippen LogP contribution in [0.25, 0.3) is 11.5 Å². The van der Waals surface area contributed by atoms with Gasteiger partial charge in [0.05, 0.1) is 0 Å². The molecule has 0 aromatic heterocycles. The summed E-state index contributed by atoms with van der Waals surface area (Å²) in [5.74, 6) is 2.34. The molecule has 0 bridgehead atoms. The van der Waals surface area contributed by atoms with E-state index in [9.17, 15) is 0 Å². The van der Waals surface area contributed by atoms with Gasteiger partial charge in [0.15, 0.2) is 0 Å². The Labute approximate surface area is 256 Å². The van der Waals surface area contributed by atoms with Crippen molar-refractivity contribution in [2.75, 3.05) is 0 Å². The first-order valence-corrected chi connectivity index (χ1v) is 26.2. The molecule has 2 nitrogen and oxygen atoms in total. The van der Waals surface area contributed by atoms with E-state index in [4.69, 9.17) is 8.85 Å². The fraction of sp³-hybridized carbons (Fsp3) is 0.500. The van der Waals surface area contributed by atoms with Crippen LogP contribution in [0.1, 0.15) is 71.0 Å². The van der Waals surface area contributed by atoms with Gasteiger partial charge in [-0.3, -0.25) is 0 Å². The van der Waals surface area contributed by atoms with E-state index in [-0.39, 0.29) is 34.9 Å². The second-order valence-electron chi connectivity index (χ2n) is 14.6. The van der Waals surface area contributed by atoms with Gasteiger partial charge in [0.25, 0.3) is 0 Å². The minimum atomic E-state index is -2.66. The van der Waals surface area contributed by atoms with E-state index in [2.05, 4.69) is 128 Å². The maximum atomic E-state index is 7.00. The number of halogens is 2. The average molecular weight is 681 g/mol. The van der Waals surface area contributed by atoms with Crippen molar-refractivity contribution in [2.45, 2.75) is 93.3 Å². The van der Waals surface area contributed by atoms with E-state index < -0.39 is 36.9 Å². The van der Waals surface area contributed by atoms with E-state index in [0.29, 0.717) is 7.25 Å². The molecule has 7 heteroatoms. The molecule has 2 unspecified atom stereocenters. The Hall–Kier alpha value is -0.583. The molecule has 2 aromatic rings. The Morgan fingerprint density at radius 2 is 0.949 bits per heavy atom. The zero-order chi connectivity index (χ0) is 27.0. The van der Waals surface area contributed by atoms with Gasteiger partial charge in [0, 0.05) is 0 Å². The minimum absolute atomic E-state index is 0. The summed E-state index contributed by atoms with van der Waals surface area (Å²) in [6.45, 7) is 23.5. The van der Waals surface area contributed by atoms with E-state index in [1.54, 1.807) is 0 Å². The molecule has 0 spiro atoms. The number of fused-ring (bicyclic) bond motifs is 2. The van der Waals surface area contributed by atoms with Gasteiger partial charge in [-0.1, -0.05) is 0 Å². The first-order chi connectivity index (χ1) is 17.1. The molecular formula is C32H46Cl2O2Si2Zr. The summed E-state index contributed by atoms with van der Waals surface area (Å²) >= 11 is -2.66. The van der Waals surface area contributed by atoms with Crippen LogP contribution in [-0.2, 0) is 29.1 Å². The fourth-order valence-corrected chi connectivity index (χ4v) is 23.2. The molecule has 2 aliphatic carbocycles. The van der Waals surface area contributed by atoms with Crippen molar-refractivity contribution in [3.8, 4) is 0 Å². The predicted molar refractivity (Wildman–Crippen MR) is 160 cm³/mol. The molecule has 1 aliphatic heterocycles. The summed E-state index contributed by atoms with van der Waals surface area (Å²) in [6.07, 6.45) is 5.16. The van der Waals surface area contributed by atoms with Crippen molar-refractivity contribution < 1.29 is 53.9 Å². The smallest absolute Gasteiger partial charge is 1.00 e. The first-order valence-electron chi connectivity index (χ1n) is 14.1. The van der Waals surface area contributed by atoms with Gasteiger partial charge < -0.3 is 24.8 Å². The van der Waals surface area contributed by atoms with Crippen LogP contribution in [0, 0.1) is 0 Å². The molecular weight excluding hydrogens is 635 g/mol. The molecule has 2 aromatic carbocycles. The van der Waals surface area contributed by atoms with Crippen LogP contribution in [0.3, 0.4) is 0 Å². The van der Waals surface area contributed by atoms with Crippen LogP contribution < -0.4 is 24.8 Å². The molecule has 212 valence electrons. The number of hydrogen-bond donors (Lipinski definition) is 0. The SMILES string of the molecule is CC(C)(C)[Si](C)(C)OC1=C[CH]([Zr+2]2([CH]3C=C(O[Si](C)(C)C(C)(C)C)c4ccccc43)[CH2][CH2]2)c2ccccc21.[Cl-].[Cl-]. The summed E-state index contributed by atoms with van der Waals surface area (Å²) in [6, 6.07) is 18.3. The average Bonchev–Trinajstić information content (AvgIpc) is 3.40. The monoisotopic (exact) mass is 678 g/mol. The van der Waals surface area contributed by atoms with Gasteiger partial charge in [0.1, 0.15) is 0 Å². The number of hydrogen-bond acceptors (Lipinski definition) is 2. The van der Waals surface area contributed by atoms with Crippen LogP contribution in [0.15, 0.2) is 60.7 Å². The molecule has 1 fully saturated rings. The third-order valence-electron chi connectivity index (χ3n) is 10.2. The van der Waals surface area contributed by atoms with Crippen molar-refractivity contribution in [1.29, 1.82) is 0 Å². The summed E-state index contributed by atoms with van der Waals surface area (Å²) in [5, 5.41) is 0.370. The quantitative estimate of drug-likeness (QED) is 0.426. The summed E-state index contributed by atoms with van der Waals surface area (Å²) in [5.41, 5.74) is 5.78. The zero-order valence-corrected chi connectivity index (χ0v) is 31.4. The zero-order valence-electron chi connectivity index (χ0n) is 25.4. The van der Waals surface area contributed by atoms with Gasteiger partial charge >= 0.3 is 234 Å². The molecule has 5 rings (SSSR count). The standard InChI is InChI=1S/2C15H21OSi.C2H4.2ClH.Zr/c2*1-15(2,3)17(4,5)16-14-11-10-12-8-6-7-9-13(12)14;1-2;;;/h2*6-11H,1-5H3;1-2H2;2*1H;/q;;;;;+2/p-2. The van der Waals surface area contributed by atoms with Crippen LogP contribution in [0.5, 0.6) is 0 Å². The van der Waals surface area contributed by atoms with Crippen LogP contribution in [0.4, 0.5) is 0 Å². The van der Waals surface area contributed by atoms with Crippen LogP contribution in [-0.4, -0.2) is 16.6 Å². The topological polar surface area (TPSA) is 18.5 Å². The second kappa shape index (κ2) is 10.9. The molecule has 39 heavy (non-hydrogen) atoms. The summed E-state index contributed by atoms with van der Waals surface area (Å²) in [4.78, 5) is 0. The first kappa shape index (κ1) is 32.9. The molecule has 0 saturated carbocycles. The number of allylic oxidation sites excluding steroid dienone is 2. The maximum absolute atomic E-state index is 7.00. The Balaban J connectivity index is 0.00000210. The molecule has 0 N–H and O–H groups in total. The van der Waals surface area contributed by atoms with Crippen LogP contribution >= 0.6 is 0 Å². The fourth-order valence-electron chi connectivity index (χ4n) is 5.59. The largest absolute Gasteiger partial charge is 1.00 e. The number of benzene rings is 2. The third-order valence-corrected chi connectivity index (χ3v) is 31.4. The van der Waals surface area contributed by atoms with Crippen LogP contribution in [0.2, 0.25) is 44.5 Å². The van der Waals surface area contributed by atoms with Gasteiger partial charge in [-0.2, -0.15) is 0 Å². The Kier molecular flexibility index (Phi) is 9.22. The third kappa shape index (κ3) is 5.74. The molecule has 2 atom stereocenters. The van der Waals surface area contributed by atoms with Crippen molar-refractivity contribution in [1.82, 2.24) is 0 Å². The van der Waals surface area contributed by atoms with Gasteiger partial charge in [0.2, 0.25) is 0 Å². The van der Waals surface area contributed by atoms with Gasteiger partial charge in [-0.05, 0) is 0 Å². The summed E-state index contributed by atoms with van der Waals surface area (Å²) in [7, 11) is -3.85.